The lowest BCUT2D eigenvalue weighted by molar-refractivity contribution is 0.443. The van der Waals surface area contributed by atoms with Crippen LogP contribution in [0.3, 0.4) is 0 Å². The van der Waals surface area contributed by atoms with Gasteiger partial charge in [-0.15, -0.1) is 0 Å². The van der Waals surface area contributed by atoms with Crippen LogP contribution in [0.4, 0.5) is 0 Å². The summed E-state index contributed by atoms with van der Waals surface area (Å²) >= 11 is 0. The smallest absolute Gasteiger partial charge is 0.123 e. The summed E-state index contributed by atoms with van der Waals surface area (Å²) in [7, 11) is 1.91. The third-order valence-electron chi connectivity index (χ3n) is 3.03. The van der Waals surface area contributed by atoms with Gasteiger partial charge >= 0.3 is 0 Å². The fraction of sp³-hybridized carbons (Fsp3) is 0.357. The van der Waals surface area contributed by atoms with Crippen molar-refractivity contribution in [2.45, 2.75) is 26.4 Å². The van der Waals surface area contributed by atoms with Gasteiger partial charge in [-0.2, -0.15) is 5.10 Å². The average molecular weight is 261 g/mol. The predicted molar refractivity (Wildman–Crippen MR) is 72.9 cm³/mol. The average Bonchev–Trinajstić information content (AvgIpc) is 2.72. The van der Waals surface area contributed by atoms with Crippen LogP contribution in [-0.4, -0.2) is 20.0 Å². The zero-order chi connectivity index (χ0) is 13.8. The van der Waals surface area contributed by atoms with Crippen LogP contribution in [-0.2, 0) is 26.6 Å². The van der Waals surface area contributed by atoms with Crippen molar-refractivity contribution in [2.24, 2.45) is 7.05 Å². The van der Waals surface area contributed by atoms with Crippen molar-refractivity contribution in [2.75, 3.05) is 0 Å². The van der Waals surface area contributed by atoms with Crippen LogP contribution in [0.25, 0.3) is 0 Å². The minimum atomic E-state index is 0.0711. The number of aromatic hydroxyl groups is 2. The van der Waals surface area contributed by atoms with Crippen LogP contribution in [0, 0.1) is 0 Å². The molecular formula is C14H19N3O2. The van der Waals surface area contributed by atoms with Crippen molar-refractivity contribution < 1.29 is 10.2 Å². The van der Waals surface area contributed by atoms with Crippen LogP contribution in [0.1, 0.15) is 23.7 Å². The molecule has 0 amide bonds. The first-order valence-electron chi connectivity index (χ1n) is 6.33. The first-order chi connectivity index (χ1) is 9.10. The second kappa shape index (κ2) is 5.75. The molecule has 3 N–H and O–H groups in total. The summed E-state index contributed by atoms with van der Waals surface area (Å²) in [6.07, 6.45) is 2.91. The molecule has 5 heteroatoms. The summed E-state index contributed by atoms with van der Waals surface area (Å²) in [5.41, 5.74) is 3.02. The van der Waals surface area contributed by atoms with Crippen molar-refractivity contribution in [1.82, 2.24) is 15.1 Å². The summed E-state index contributed by atoms with van der Waals surface area (Å²) in [4.78, 5) is 0. The Hall–Kier alpha value is -2.01. The molecule has 1 heterocycles. The highest BCUT2D eigenvalue weighted by molar-refractivity contribution is 5.38. The number of nitrogens with one attached hydrogen (secondary N) is 1. The third kappa shape index (κ3) is 3.26. The Bertz CT molecular complexity index is 564. The Morgan fingerprint density at radius 2 is 1.95 bits per heavy atom. The zero-order valence-corrected chi connectivity index (χ0v) is 11.2. The summed E-state index contributed by atoms with van der Waals surface area (Å²) in [5, 5.41) is 26.5. The van der Waals surface area contributed by atoms with Gasteiger partial charge < -0.3 is 15.5 Å². The Morgan fingerprint density at radius 1 is 1.21 bits per heavy atom. The van der Waals surface area contributed by atoms with E-state index in [9.17, 15) is 10.2 Å². The highest BCUT2D eigenvalue weighted by Gasteiger charge is 2.06. The molecule has 1 aromatic heterocycles. The number of nitrogens with zero attached hydrogens (tertiary/aromatic N) is 2. The summed E-state index contributed by atoms with van der Waals surface area (Å²) in [6.45, 7) is 3.33. The van der Waals surface area contributed by atoms with E-state index in [1.807, 2.05) is 17.9 Å². The maximum absolute atomic E-state index is 9.68. The minimum absolute atomic E-state index is 0.0711. The molecule has 0 fully saturated rings. The van der Waals surface area contributed by atoms with E-state index < -0.39 is 0 Å². The van der Waals surface area contributed by atoms with Gasteiger partial charge in [0.2, 0.25) is 0 Å². The molecule has 0 spiro atoms. The molecule has 19 heavy (non-hydrogen) atoms. The van der Waals surface area contributed by atoms with E-state index in [1.54, 1.807) is 12.1 Å². The molecule has 0 aliphatic carbocycles. The van der Waals surface area contributed by atoms with E-state index in [0.717, 1.165) is 17.7 Å². The number of benzene rings is 1. The van der Waals surface area contributed by atoms with E-state index in [0.29, 0.717) is 13.1 Å². The first-order valence-corrected chi connectivity index (χ1v) is 6.33. The molecule has 0 saturated carbocycles. The van der Waals surface area contributed by atoms with E-state index in [-0.39, 0.29) is 11.5 Å². The lowest BCUT2D eigenvalue weighted by Crippen LogP contribution is -2.13. The lowest BCUT2D eigenvalue weighted by Gasteiger charge is -2.07. The number of phenols is 2. The first kappa shape index (κ1) is 13.4. The summed E-state index contributed by atoms with van der Waals surface area (Å²) in [6, 6.07) is 4.62. The zero-order valence-electron chi connectivity index (χ0n) is 11.2. The number of phenolic OH excluding ortho intramolecular Hbond substituents is 2. The van der Waals surface area contributed by atoms with Crippen molar-refractivity contribution in [3.63, 3.8) is 0 Å². The normalized spacial score (nSPS) is 10.8. The molecular weight excluding hydrogens is 242 g/mol. The molecule has 0 unspecified atom stereocenters. The van der Waals surface area contributed by atoms with Crippen molar-refractivity contribution in [1.29, 1.82) is 0 Å². The summed E-state index contributed by atoms with van der Waals surface area (Å²) in [5.74, 6) is 0.177. The maximum atomic E-state index is 9.68. The van der Waals surface area contributed by atoms with Crippen molar-refractivity contribution in [3.05, 3.63) is 41.2 Å². The Balaban J connectivity index is 1.96. The highest BCUT2D eigenvalue weighted by atomic mass is 16.3. The molecule has 102 valence electrons. The van der Waals surface area contributed by atoms with Gasteiger partial charge in [-0.1, -0.05) is 13.0 Å². The highest BCUT2D eigenvalue weighted by Crippen LogP contribution is 2.22. The standard InChI is InChI=1S/C14H19N3O2/c1-3-13-11(9-17(2)16-13)8-15-7-10-4-5-12(18)6-14(10)19/h4-6,9,15,18-19H,3,7-8H2,1-2H3. The number of rotatable bonds is 5. The number of aromatic nitrogens is 2. The number of hydrogen-bond donors (Lipinski definition) is 3. The quantitative estimate of drug-likeness (QED) is 0.766. The monoisotopic (exact) mass is 261 g/mol. The number of aryl methyl sites for hydroxylation is 2. The second-order valence-electron chi connectivity index (χ2n) is 4.54. The molecule has 0 atom stereocenters. The van der Waals surface area contributed by atoms with Gasteiger partial charge in [0.05, 0.1) is 5.69 Å². The fourth-order valence-corrected chi connectivity index (χ4v) is 2.06. The van der Waals surface area contributed by atoms with Crippen LogP contribution in [0.5, 0.6) is 11.5 Å². The largest absolute Gasteiger partial charge is 0.508 e. The molecule has 0 aliphatic heterocycles. The molecule has 0 radical (unpaired) electrons. The fourth-order valence-electron chi connectivity index (χ4n) is 2.06. The molecule has 0 bridgehead atoms. The van der Waals surface area contributed by atoms with Crippen molar-refractivity contribution >= 4 is 0 Å². The Morgan fingerprint density at radius 3 is 2.63 bits per heavy atom. The number of hydrogen-bond acceptors (Lipinski definition) is 4. The van der Waals surface area contributed by atoms with E-state index in [2.05, 4.69) is 17.3 Å². The van der Waals surface area contributed by atoms with Gasteiger partial charge in [0.15, 0.2) is 0 Å². The SMILES string of the molecule is CCc1nn(C)cc1CNCc1ccc(O)cc1O. The minimum Gasteiger partial charge on any atom is -0.508 e. The van der Waals surface area contributed by atoms with Crippen molar-refractivity contribution in [3.8, 4) is 11.5 Å². The van der Waals surface area contributed by atoms with Gasteiger partial charge in [0.25, 0.3) is 0 Å². The molecule has 0 aliphatic rings. The van der Waals surface area contributed by atoms with Crippen LogP contribution >= 0.6 is 0 Å². The molecule has 5 nitrogen and oxygen atoms in total. The van der Waals surface area contributed by atoms with Gasteiger partial charge in [0.1, 0.15) is 11.5 Å². The van der Waals surface area contributed by atoms with E-state index >= 15 is 0 Å². The predicted octanol–water partition coefficient (Wildman–Crippen LogP) is 1.68. The Labute approximate surface area is 112 Å². The van der Waals surface area contributed by atoms with Crippen LogP contribution in [0.15, 0.2) is 24.4 Å². The summed E-state index contributed by atoms with van der Waals surface area (Å²) < 4.78 is 1.81. The van der Waals surface area contributed by atoms with Gasteiger partial charge in [-0.25, -0.2) is 0 Å². The van der Waals surface area contributed by atoms with Crippen LogP contribution in [0.2, 0.25) is 0 Å². The molecule has 0 saturated heterocycles. The third-order valence-corrected chi connectivity index (χ3v) is 3.03. The van der Waals surface area contributed by atoms with Gasteiger partial charge in [-0.3, -0.25) is 4.68 Å². The van der Waals surface area contributed by atoms with Gasteiger partial charge in [0, 0.05) is 43.5 Å². The topological polar surface area (TPSA) is 70.3 Å². The van der Waals surface area contributed by atoms with Crippen LogP contribution < -0.4 is 5.32 Å². The maximum Gasteiger partial charge on any atom is 0.123 e. The Kier molecular flexibility index (Phi) is 4.06. The molecule has 1 aromatic carbocycles. The van der Waals surface area contributed by atoms with E-state index in [4.69, 9.17) is 0 Å². The molecule has 2 rings (SSSR count). The second-order valence-corrected chi connectivity index (χ2v) is 4.54. The van der Waals surface area contributed by atoms with Gasteiger partial charge in [-0.05, 0) is 12.5 Å². The molecule has 2 aromatic rings. The van der Waals surface area contributed by atoms with E-state index in [1.165, 1.54) is 11.6 Å². The lowest BCUT2D eigenvalue weighted by atomic mass is 10.1.